The van der Waals surface area contributed by atoms with Gasteiger partial charge < -0.3 is 10.6 Å². The Labute approximate surface area is 148 Å². The van der Waals surface area contributed by atoms with Gasteiger partial charge in [0.25, 0.3) is 0 Å². The molecule has 0 radical (unpaired) electrons. The van der Waals surface area contributed by atoms with Gasteiger partial charge in [0.15, 0.2) is 0 Å². The van der Waals surface area contributed by atoms with Crippen molar-refractivity contribution in [2.24, 2.45) is 0 Å². The van der Waals surface area contributed by atoms with Crippen molar-refractivity contribution < 1.29 is 4.79 Å². The average molecular weight is 343 g/mol. The number of hydrogen-bond donors (Lipinski definition) is 2. The van der Waals surface area contributed by atoms with Crippen molar-refractivity contribution in [1.29, 1.82) is 0 Å². The molecule has 1 fully saturated rings. The SMILES string of the molecule is CC(C)(C)c1ccc(-c2ccccc2CNC(=O)C2CCCN2)s1. The second kappa shape index (κ2) is 7.08. The lowest BCUT2D eigenvalue weighted by atomic mass is 9.95. The Hall–Kier alpha value is -1.65. The molecule has 0 saturated carbocycles. The van der Waals surface area contributed by atoms with Gasteiger partial charge in [0.2, 0.25) is 5.91 Å². The van der Waals surface area contributed by atoms with Gasteiger partial charge in [0, 0.05) is 16.3 Å². The Kier molecular flexibility index (Phi) is 5.07. The van der Waals surface area contributed by atoms with Crippen molar-refractivity contribution in [3.63, 3.8) is 0 Å². The molecule has 2 aromatic rings. The van der Waals surface area contributed by atoms with Crippen LogP contribution in [-0.2, 0) is 16.8 Å². The van der Waals surface area contributed by atoms with E-state index < -0.39 is 0 Å². The fourth-order valence-electron chi connectivity index (χ4n) is 3.01. The molecular formula is C20H26N2OS. The first-order valence-electron chi connectivity index (χ1n) is 8.65. The number of benzene rings is 1. The summed E-state index contributed by atoms with van der Waals surface area (Å²) in [6.45, 7) is 8.24. The molecule has 1 aromatic heterocycles. The fraction of sp³-hybridized carbons (Fsp3) is 0.450. The molecule has 0 spiro atoms. The molecule has 4 heteroatoms. The van der Waals surface area contributed by atoms with Crippen LogP contribution in [0.15, 0.2) is 36.4 Å². The first-order valence-corrected chi connectivity index (χ1v) is 9.46. The fourth-order valence-corrected chi connectivity index (χ4v) is 4.14. The maximum Gasteiger partial charge on any atom is 0.237 e. The minimum Gasteiger partial charge on any atom is -0.351 e. The van der Waals surface area contributed by atoms with E-state index in [-0.39, 0.29) is 17.4 Å². The Balaban J connectivity index is 1.75. The van der Waals surface area contributed by atoms with Gasteiger partial charge in [-0.3, -0.25) is 4.79 Å². The molecule has 2 N–H and O–H groups in total. The maximum absolute atomic E-state index is 12.2. The molecule has 1 aromatic carbocycles. The number of carbonyl (C=O) groups excluding carboxylic acids is 1. The smallest absolute Gasteiger partial charge is 0.237 e. The molecule has 2 heterocycles. The Morgan fingerprint density at radius 2 is 2.04 bits per heavy atom. The molecule has 1 saturated heterocycles. The van der Waals surface area contributed by atoms with E-state index in [1.165, 1.54) is 20.9 Å². The number of nitrogens with one attached hydrogen (secondary N) is 2. The van der Waals surface area contributed by atoms with Crippen LogP contribution in [0.3, 0.4) is 0 Å². The molecule has 1 aliphatic rings. The van der Waals surface area contributed by atoms with E-state index in [9.17, 15) is 4.79 Å². The summed E-state index contributed by atoms with van der Waals surface area (Å²) in [6, 6.07) is 12.8. The van der Waals surface area contributed by atoms with Crippen LogP contribution in [0.2, 0.25) is 0 Å². The van der Waals surface area contributed by atoms with Gasteiger partial charge >= 0.3 is 0 Å². The van der Waals surface area contributed by atoms with E-state index in [2.05, 4.69) is 61.7 Å². The zero-order valence-corrected chi connectivity index (χ0v) is 15.5. The van der Waals surface area contributed by atoms with Gasteiger partial charge in [0.05, 0.1) is 6.04 Å². The Morgan fingerprint density at radius 3 is 2.71 bits per heavy atom. The molecule has 3 rings (SSSR count). The summed E-state index contributed by atoms with van der Waals surface area (Å²) in [7, 11) is 0. The van der Waals surface area contributed by atoms with Gasteiger partial charge in [-0.2, -0.15) is 0 Å². The van der Waals surface area contributed by atoms with Crippen molar-refractivity contribution in [3.8, 4) is 10.4 Å². The number of thiophene rings is 1. The summed E-state index contributed by atoms with van der Waals surface area (Å²) in [6.07, 6.45) is 2.02. The Morgan fingerprint density at radius 1 is 1.25 bits per heavy atom. The summed E-state index contributed by atoms with van der Waals surface area (Å²) < 4.78 is 0. The largest absolute Gasteiger partial charge is 0.351 e. The normalized spacial score (nSPS) is 17.9. The average Bonchev–Trinajstić information content (AvgIpc) is 3.23. The molecular weight excluding hydrogens is 316 g/mol. The predicted molar refractivity (Wildman–Crippen MR) is 101 cm³/mol. The predicted octanol–water partition coefficient (Wildman–Crippen LogP) is 4.08. The number of amides is 1. The van der Waals surface area contributed by atoms with E-state index in [4.69, 9.17) is 0 Å². The molecule has 3 nitrogen and oxygen atoms in total. The van der Waals surface area contributed by atoms with Crippen LogP contribution in [-0.4, -0.2) is 18.5 Å². The topological polar surface area (TPSA) is 41.1 Å². The summed E-state index contributed by atoms with van der Waals surface area (Å²) in [5.41, 5.74) is 2.56. The summed E-state index contributed by atoms with van der Waals surface area (Å²) in [5, 5.41) is 6.34. The lowest BCUT2D eigenvalue weighted by Crippen LogP contribution is -2.40. The van der Waals surface area contributed by atoms with Gasteiger partial charge in [0.1, 0.15) is 0 Å². The molecule has 0 aliphatic carbocycles. The third kappa shape index (κ3) is 3.87. The maximum atomic E-state index is 12.2. The quantitative estimate of drug-likeness (QED) is 0.879. The van der Waals surface area contributed by atoms with Gasteiger partial charge in [-0.25, -0.2) is 0 Å². The third-order valence-corrected chi connectivity index (χ3v) is 6.00. The van der Waals surface area contributed by atoms with Crippen LogP contribution in [0.25, 0.3) is 10.4 Å². The Bertz CT molecular complexity index is 708. The van der Waals surface area contributed by atoms with Gasteiger partial charge in [-0.1, -0.05) is 45.0 Å². The van der Waals surface area contributed by atoms with Crippen molar-refractivity contribution in [2.75, 3.05) is 6.54 Å². The highest BCUT2D eigenvalue weighted by Gasteiger charge is 2.22. The molecule has 1 amide bonds. The number of rotatable bonds is 4. The highest BCUT2D eigenvalue weighted by Crippen LogP contribution is 2.36. The van der Waals surface area contributed by atoms with Crippen LogP contribution in [0.1, 0.15) is 44.1 Å². The van der Waals surface area contributed by atoms with Crippen LogP contribution in [0.4, 0.5) is 0 Å². The van der Waals surface area contributed by atoms with Gasteiger partial charge in [-0.05, 0) is 48.1 Å². The van der Waals surface area contributed by atoms with Crippen LogP contribution in [0.5, 0.6) is 0 Å². The summed E-state index contributed by atoms with van der Waals surface area (Å²) >= 11 is 1.84. The summed E-state index contributed by atoms with van der Waals surface area (Å²) in [4.78, 5) is 14.9. The first-order chi connectivity index (χ1) is 11.4. The zero-order chi connectivity index (χ0) is 17.2. The molecule has 1 atom stereocenters. The first kappa shape index (κ1) is 17.2. The minimum atomic E-state index is -0.0219. The molecule has 1 aliphatic heterocycles. The second-order valence-corrected chi connectivity index (χ2v) is 8.52. The zero-order valence-electron chi connectivity index (χ0n) is 14.7. The van der Waals surface area contributed by atoms with Crippen molar-refractivity contribution >= 4 is 17.2 Å². The van der Waals surface area contributed by atoms with Crippen molar-refractivity contribution in [2.45, 2.75) is 51.6 Å². The number of carbonyl (C=O) groups is 1. The van der Waals surface area contributed by atoms with Crippen molar-refractivity contribution in [3.05, 3.63) is 46.8 Å². The second-order valence-electron chi connectivity index (χ2n) is 7.44. The monoisotopic (exact) mass is 342 g/mol. The molecule has 0 bridgehead atoms. The van der Waals surface area contributed by atoms with Gasteiger partial charge in [-0.15, -0.1) is 11.3 Å². The van der Waals surface area contributed by atoms with Crippen LogP contribution in [0, 0.1) is 0 Å². The van der Waals surface area contributed by atoms with E-state index in [1.807, 2.05) is 17.4 Å². The van der Waals surface area contributed by atoms with E-state index >= 15 is 0 Å². The highest BCUT2D eigenvalue weighted by atomic mass is 32.1. The third-order valence-electron chi connectivity index (χ3n) is 4.46. The lowest BCUT2D eigenvalue weighted by molar-refractivity contribution is -0.122. The molecule has 128 valence electrons. The standard InChI is InChI=1S/C20H26N2OS/c1-20(2,3)18-11-10-17(24-18)15-8-5-4-7-14(15)13-22-19(23)16-9-6-12-21-16/h4-5,7-8,10-11,16,21H,6,9,12-13H2,1-3H3,(H,22,23). The number of hydrogen-bond acceptors (Lipinski definition) is 3. The minimum absolute atomic E-state index is 0.0219. The van der Waals surface area contributed by atoms with Crippen LogP contribution < -0.4 is 10.6 Å². The molecule has 24 heavy (non-hydrogen) atoms. The highest BCUT2D eigenvalue weighted by molar-refractivity contribution is 7.15. The van der Waals surface area contributed by atoms with E-state index in [0.29, 0.717) is 6.54 Å². The summed E-state index contributed by atoms with van der Waals surface area (Å²) in [5.74, 6) is 0.115. The van der Waals surface area contributed by atoms with Crippen LogP contribution >= 0.6 is 11.3 Å². The van der Waals surface area contributed by atoms with E-state index in [0.717, 1.165) is 19.4 Å². The lowest BCUT2D eigenvalue weighted by Gasteiger charge is -2.15. The van der Waals surface area contributed by atoms with Crippen molar-refractivity contribution in [1.82, 2.24) is 10.6 Å². The molecule has 1 unspecified atom stereocenters. The van der Waals surface area contributed by atoms with E-state index in [1.54, 1.807) is 0 Å².